The molecule has 0 radical (unpaired) electrons. The molecule has 0 spiro atoms. The summed E-state index contributed by atoms with van der Waals surface area (Å²) in [6, 6.07) is 4.47. The maximum absolute atomic E-state index is 14.0. The van der Waals surface area contributed by atoms with Crippen LogP contribution in [0.2, 0.25) is 10.0 Å². The van der Waals surface area contributed by atoms with Crippen LogP contribution in [0, 0.1) is 5.82 Å². The van der Waals surface area contributed by atoms with Gasteiger partial charge in [-0.2, -0.15) is 0 Å². The van der Waals surface area contributed by atoms with Crippen LogP contribution in [0.15, 0.2) is 36.8 Å². The minimum atomic E-state index is -0.533. The Morgan fingerprint density at radius 2 is 1.83 bits per heavy atom. The first kappa shape index (κ1) is 15.6. The maximum Gasteiger partial charge on any atom is 0.337 e. The van der Waals surface area contributed by atoms with E-state index in [2.05, 4.69) is 9.97 Å². The van der Waals surface area contributed by atoms with Crippen molar-refractivity contribution in [3.63, 3.8) is 0 Å². The van der Waals surface area contributed by atoms with Crippen LogP contribution in [-0.2, 0) is 4.74 Å². The highest BCUT2D eigenvalue weighted by molar-refractivity contribution is 6.39. The first-order valence-corrected chi connectivity index (χ1v) is 7.24. The van der Waals surface area contributed by atoms with Crippen LogP contribution in [0.25, 0.3) is 22.0 Å². The molecule has 4 nitrogen and oxygen atoms in total. The number of pyridine rings is 2. The highest BCUT2D eigenvalue weighted by atomic mass is 35.5. The van der Waals surface area contributed by atoms with Gasteiger partial charge in [-0.05, 0) is 12.1 Å². The minimum absolute atomic E-state index is 0.273. The van der Waals surface area contributed by atoms with Gasteiger partial charge in [0.15, 0.2) is 0 Å². The molecule has 0 amide bonds. The van der Waals surface area contributed by atoms with Gasteiger partial charge >= 0.3 is 5.97 Å². The Hall–Kier alpha value is -2.24. The molecule has 0 aliphatic rings. The summed E-state index contributed by atoms with van der Waals surface area (Å²) in [5.41, 5.74) is 1.06. The number of esters is 1. The van der Waals surface area contributed by atoms with E-state index in [0.29, 0.717) is 22.0 Å². The third-order valence-electron chi connectivity index (χ3n) is 3.35. The molecule has 0 unspecified atom stereocenters. The number of fused-ring (bicyclic) bond motifs is 1. The molecule has 116 valence electrons. The lowest BCUT2D eigenvalue weighted by molar-refractivity contribution is 0.0601. The minimum Gasteiger partial charge on any atom is -0.465 e. The van der Waals surface area contributed by atoms with E-state index in [-0.39, 0.29) is 15.6 Å². The van der Waals surface area contributed by atoms with Gasteiger partial charge in [0.25, 0.3) is 0 Å². The second kappa shape index (κ2) is 6.10. The Balaban J connectivity index is 2.37. The summed E-state index contributed by atoms with van der Waals surface area (Å²) in [6.45, 7) is 0. The molecule has 0 N–H and O–H groups in total. The highest BCUT2D eigenvalue weighted by Gasteiger charge is 2.17. The van der Waals surface area contributed by atoms with Gasteiger partial charge in [0.1, 0.15) is 5.82 Å². The Kier molecular flexibility index (Phi) is 4.15. The molecule has 0 bridgehead atoms. The number of aromatic nitrogens is 2. The number of hydrogen-bond donors (Lipinski definition) is 0. The smallest absolute Gasteiger partial charge is 0.337 e. The first-order chi connectivity index (χ1) is 11.0. The Morgan fingerprint density at radius 1 is 1.13 bits per heavy atom. The summed E-state index contributed by atoms with van der Waals surface area (Å²) >= 11 is 12.3. The van der Waals surface area contributed by atoms with Crippen LogP contribution < -0.4 is 0 Å². The average molecular weight is 351 g/mol. The molecule has 0 aliphatic heterocycles. The van der Waals surface area contributed by atoms with Gasteiger partial charge in [-0.1, -0.05) is 29.3 Å². The molecule has 0 aliphatic carbocycles. The number of carbonyl (C=O) groups excluding carboxylic acids is 1. The summed E-state index contributed by atoms with van der Waals surface area (Å²) in [4.78, 5) is 19.7. The second-order valence-electron chi connectivity index (χ2n) is 4.68. The Labute approximate surface area is 140 Å². The quantitative estimate of drug-likeness (QED) is 0.637. The molecule has 0 saturated heterocycles. The molecule has 0 atom stereocenters. The zero-order valence-corrected chi connectivity index (χ0v) is 13.3. The Morgan fingerprint density at radius 3 is 2.48 bits per heavy atom. The molecule has 3 rings (SSSR count). The van der Waals surface area contributed by atoms with Crippen molar-refractivity contribution in [3.05, 3.63) is 58.2 Å². The summed E-state index contributed by atoms with van der Waals surface area (Å²) in [5, 5.41) is 1.26. The maximum atomic E-state index is 14.0. The number of rotatable bonds is 2. The number of halogens is 3. The lowest BCUT2D eigenvalue weighted by Crippen LogP contribution is -2.01. The van der Waals surface area contributed by atoms with E-state index in [4.69, 9.17) is 27.9 Å². The zero-order chi connectivity index (χ0) is 16.6. The third kappa shape index (κ3) is 2.73. The number of hydrogen-bond acceptors (Lipinski definition) is 4. The van der Waals surface area contributed by atoms with Gasteiger partial charge < -0.3 is 4.74 Å². The van der Waals surface area contributed by atoms with Crippen molar-refractivity contribution in [1.29, 1.82) is 0 Å². The number of methoxy groups -OCH3 is 1. The van der Waals surface area contributed by atoms with E-state index in [9.17, 15) is 9.18 Å². The lowest BCUT2D eigenvalue weighted by Gasteiger charge is -2.11. The van der Waals surface area contributed by atoms with Gasteiger partial charge in [0, 0.05) is 28.7 Å². The lowest BCUT2D eigenvalue weighted by atomic mass is 10.0. The Bertz CT molecular complexity index is 911. The van der Waals surface area contributed by atoms with Crippen LogP contribution in [0.5, 0.6) is 0 Å². The first-order valence-electron chi connectivity index (χ1n) is 6.49. The monoisotopic (exact) mass is 350 g/mol. The molecule has 3 aromatic rings. The summed E-state index contributed by atoms with van der Waals surface area (Å²) in [6.07, 6.45) is 3.93. The van der Waals surface area contributed by atoms with Gasteiger partial charge in [-0.25, -0.2) is 9.18 Å². The number of nitrogens with zero attached hydrogens (tertiary/aromatic N) is 2. The van der Waals surface area contributed by atoms with E-state index >= 15 is 0 Å². The second-order valence-corrected chi connectivity index (χ2v) is 5.50. The van der Waals surface area contributed by atoms with Crippen molar-refractivity contribution >= 4 is 39.9 Å². The van der Waals surface area contributed by atoms with Gasteiger partial charge in [-0.3, -0.25) is 9.97 Å². The van der Waals surface area contributed by atoms with Crippen LogP contribution in [0.1, 0.15) is 10.4 Å². The van der Waals surface area contributed by atoms with Crippen molar-refractivity contribution in [2.45, 2.75) is 0 Å². The molecular weight excluding hydrogens is 342 g/mol. The van der Waals surface area contributed by atoms with Crippen LogP contribution >= 0.6 is 23.2 Å². The number of carbonyl (C=O) groups is 1. The van der Waals surface area contributed by atoms with E-state index in [0.717, 1.165) is 6.20 Å². The fourth-order valence-electron chi connectivity index (χ4n) is 2.29. The van der Waals surface area contributed by atoms with Crippen molar-refractivity contribution in [2.75, 3.05) is 7.11 Å². The van der Waals surface area contributed by atoms with Crippen LogP contribution in [0.3, 0.4) is 0 Å². The van der Waals surface area contributed by atoms with Crippen LogP contribution in [-0.4, -0.2) is 23.0 Å². The largest absolute Gasteiger partial charge is 0.465 e. The number of ether oxygens (including phenoxy) is 1. The normalized spacial score (nSPS) is 10.8. The molecule has 23 heavy (non-hydrogen) atoms. The molecule has 2 heterocycles. The molecular formula is C16H9Cl2FN2O2. The average Bonchev–Trinajstić information content (AvgIpc) is 2.55. The SMILES string of the molecule is COC(=O)c1ccc2c(F)cnc(-c3c(Cl)cncc3Cl)c2c1. The predicted octanol–water partition coefficient (Wildman–Crippen LogP) is 4.53. The summed E-state index contributed by atoms with van der Waals surface area (Å²) < 4.78 is 18.7. The third-order valence-corrected chi connectivity index (χ3v) is 3.92. The molecule has 2 aromatic heterocycles. The fourth-order valence-corrected chi connectivity index (χ4v) is 2.83. The highest BCUT2D eigenvalue weighted by Crippen LogP contribution is 2.37. The van der Waals surface area contributed by atoms with E-state index < -0.39 is 11.8 Å². The van der Waals surface area contributed by atoms with E-state index in [1.807, 2.05) is 0 Å². The molecule has 0 saturated carbocycles. The van der Waals surface area contributed by atoms with Gasteiger partial charge in [-0.15, -0.1) is 0 Å². The van der Waals surface area contributed by atoms with Crippen molar-refractivity contribution in [1.82, 2.24) is 9.97 Å². The summed E-state index contributed by atoms with van der Waals surface area (Å²) in [7, 11) is 1.27. The molecule has 0 fully saturated rings. The molecule has 1 aromatic carbocycles. The van der Waals surface area contributed by atoms with Crippen molar-refractivity contribution in [3.8, 4) is 11.3 Å². The van der Waals surface area contributed by atoms with Crippen LogP contribution in [0.4, 0.5) is 4.39 Å². The zero-order valence-electron chi connectivity index (χ0n) is 11.8. The van der Waals surface area contributed by atoms with Gasteiger partial charge in [0.05, 0.1) is 34.6 Å². The van der Waals surface area contributed by atoms with Gasteiger partial charge in [0.2, 0.25) is 0 Å². The molecule has 7 heteroatoms. The fraction of sp³-hybridized carbons (Fsp3) is 0.0625. The topological polar surface area (TPSA) is 52.1 Å². The van der Waals surface area contributed by atoms with Crippen molar-refractivity contribution in [2.24, 2.45) is 0 Å². The summed E-state index contributed by atoms with van der Waals surface area (Å²) in [5.74, 6) is -1.05. The number of benzene rings is 1. The standard InChI is InChI=1S/C16H9Cl2FN2O2/c1-23-16(22)8-2-3-9-10(4-8)15(21-7-13(9)19)14-11(17)5-20-6-12(14)18/h2-7H,1H3. The predicted molar refractivity (Wildman–Crippen MR) is 86.3 cm³/mol. The van der Waals surface area contributed by atoms with Crippen molar-refractivity contribution < 1.29 is 13.9 Å². The van der Waals surface area contributed by atoms with E-state index in [1.54, 1.807) is 0 Å². The van der Waals surface area contributed by atoms with E-state index in [1.165, 1.54) is 37.7 Å².